The number of nitrogens with one attached hydrogen (secondary N) is 2. The van der Waals surface area contributed by atoms with Gasteiger partial charge in [0.05, 0.1) is 24.4 Å². The average molecular weight is 496 g/mol. The molecule has 1 atom stereocenters. The summed E-state index contributed by atoms with van der Waals surface area (Å²) in [4.78, 5) is 23.9. The van der Waals surface area contributed by atoms with E-state index >= 15 is 0 Å². The Morgan fingerprint density at radius 3 is 2.71 bits per heavy atom. The molecular formula is C24H26FN7O2S. The number of aliphatic hydroxyl groups is 1. The van der Waals surface area contributed by atoms with E-state index in [1.807, 2.05) is 17.5 Å². The molecule has 3 N–H and O–H groups in total. The number of amides is 1. The molecule has 1 aromatic carbocycles. The Balaban J connectivity index is 1.63. The molecule has 0 radical (unpaired) electrons. The molecule has 0 spiro atoms. The normalized spacial score (nSPS) is 11.8. The number of hydrogen-bond donors (Lipinski definition) is 3. The topological polar surface area (TPSA) is 108 Å². The second-order valence-corrected chi connectivity index (χ2v) is 8.55. The quantitative estimate of drug-likeness (QED) is 0.310. The van der Waals surface area contributed by atoms with Crippen molar-refractivity contribution in [2.75, 3.05) is 36.2 Å². The van der Waals surface area contributed by atoms with Crippen LogP contribution in [-0.4, -0.2) is 57.5 Å². The van der Waals surface area contributed by atoms with Crippen molar-refractivity contribution in [3.05, 3.63) is 70.9 Å². The summed E-state index contributed by atoms with van der Waals surface area (Å²) in [5.41, 5.74) is 3.97. The van der Waals surface area contributed by atoms with Gasteiger partial charge in [-0.3, -0.25) is 4.79 Å². The fourth-order valence-electron chi connectivity index (χ4n) is 3.65. The maximum Gasteiger partial charge on any atom is 0.248 e. The van der Waals surface area contributed by atoms with E-state index in [4.69, 9.17) is 0 Å². The van der Waals surface area contributed by atoms with E-state index in [2.05, 4.69) is 25.7 Å². The van der Waals surface area contributed by atoms with Crippen LogP contribution in [0.5, 0.6) is 0 Å². The molecule has 3 heterocycles. The third-order valence-electron chi connectivity index (χ3n) is 5.55. The van der Waals surface area contributed by atoms with Gasteiger partial charge in [0, 0.05) is 43.7 Å². The summed E-state index contributed by atoms with van der Waals surface area (Å²) in [5.74, 6) is 1.20. The summed E-state index contributed by atoms with van der Waals surface area (Å²) in [5, 5.41) is 21.9. The smallest absolute Gasteiger partial charge is 0.248 e. The van der Waals surface area contributed by atoms with Gasteiger partial charge >= 0.3 is 0 Å². The minimum Gasteiger partial charge on any atom is -0.394 e. The Kier molecular flexibility index (Phi) is 7.68. The molecule has 0 aliphatic rings. The standard InChI is InChI=1S/C24H26FN7O2S/c1-26-21-12-17(7-8-27-21)19-13-22(32(30-19)9-10-33)29-24(34)20(31(2)23-14-35-15-28-23)11-16-3-5-18(25)6-4-16/h3-8,12-15,20,33H,9-11H2,1-2H3,(H,26,27)(H,29,34)/t20-/m0/s1. The van der Waals surface area contributed by atoms with E-state index in [-0.39, 0.29) is 24.9 Å². The SMILES string of the molecule is CNc1cc(-c2cc(NC(=O)[C@H](Cc3ccc(F)cc3)N(C)c3cscn3)n(CCO)n2)ccn1. The Morgan fingerprint density at radius 2 is 2.03 bits per heavy atom. The molecule has 0 aliphatic heterocycles. The van der Waals surface area contributed by atoms with Crippen molar-refractivity contribution < 1.29 is 14.3 Å². The number of hydrogen-bond acceptors (Lipinski definition) is 8. The molecule has 4 aromatic rings. The van der Waals surface area contributed by atoms with Crippen molar-refractivity contribution in [3.63, 3.8) is 0 Å². The Bertz CT molecular complexity index is 1260. The number of rotatable bonds is 10. The first-order chi connectivity index (χ1) is 17.0. The molecule has 0 unspecified atom stereocenters. The van der Waals surface area contributed by atoms with Gasteiger partial charge < -0.3 is 20.6 Å². The van der Waals surface area contributed by atoms with E-state index in [1.54, 1.807) is 53.6 Å². The zero-order chi connectivity index (χ0) is 24.8. The lowest BCUT2D eigenvalue weighted by Gasteiger charge is -2.27. The molecule has 0 bridgehead atoms. The molecule has 4 rings (SSSR count). The summed E-state index contributed by atoms with van der Waals surface area (Å²) in [6.07, 6.45) is 2.02. The summed E-state index contributed by atoms with van der Waals surface area (Å²) < 4.78 is 15.0. The van der Waals surface area contributed by atoms with Crippen LogP contribution in [0.4, 0.5) is 21.8 Å². The van der Waals surface area contributed by atoms with E-state index < -0.39 is 6.04 Å². The van der Waals surface area contributed by atoms with E-state index in [1.165, 1.54) is 23.5 Å². The van der Waals surface area contributed by atoms with Crippen LogP contribution in [0.2, 0.25) is 0 Å². The number of benzene rings is 1. The average Bonchev–Trinajstić information content (AvgIpc) is 3.54. The zero-order valence-corrected chi connectivity index (χ0v) is 20.2. The molecule has 3 aromatic heterocycles. The van der Waals surface area contributed by atoms with Gasteiger partial charge in [0.15, 0.2) is 0 Å². The lowest BCUT2D eigenvalue weighted by Crippen LogP contribution is -2.44. The highest BCUT2D eigenvalue weighted by atomic mass is 32.1. The van der Waals surface area contributed by atoms with Gasteiger partial charge in [-0.2, -0.15) is 5.10 Å². The number of carbonyl (C=O) groups is 1. The summed E-state index contributed by atoms with van der Waals surface area (Å²) in [7, 11) is 3.58. The lowest BCUT2D eigenvalue weighted by atomic mass is 10.0. The molecule has 0 aliphatic carbocycles. The van der Waals surface area contributed by atoms with Crippen LogP contribution in [0.1, 0.15) is 5.56 Å². The Morgan fingerprint density at radius 1 is 1.23 bits per heavy atom. The summed E-state index contributed by atoms with van der Waals surface area (Å²) in [6, 6.07) is 10.9. The van der Waals surface area contributed by atoms with E-state index in [9.17, 15) is 14.3 Å². The number of pyridine rings is 1. The first kappa shape index (κ1) is 24.3. The summed E-state index contributed by atoms with van der Waals surface area (Å²) in [6.45, 7) is 0.0734. The zero-order valence-electron chi connectivity index (χ0n) is 19.3. The van der Waals surface area contributed by atoms with Gasteiger partial charge in [0.2, 0.25) is 5.91 Å². The van der Waals surface area contributed by atoms with Gasteiger partial charge in [-0.15, -0.1) is 11.3 Å². The van der Waals surface area contributed by atoms with Gasteiger partial charge in [-0.25, -0.2) is 19.0 Å². The van der Waals surface area contributed by atoms with Crippen molar-refractivity contribution in [2.45, 2.75) is 19.0 Å². The predicted molar refractivity (Wildman–Crippen MR) is 135 cm³/mol. The third-order valence-corrected chi connectivity index (χ3v) is 6.12. The van der Waals surface area contributed by atoms with Crippen LogP contribution in [-0.2, 0) is 17.8 Å². The molecule has 0 saturated heterocycles. The third kappa shape index (κ3) is 5.81. The molecule has 182 valence electrons. The highest BCUT2D eigenvalue weighted by molar-refractivity contribution is 7.07. The van der Waals surface area contributed by atoms with Crippen molar-refractivity contribution >= 4 is 34.7 Å². The molecule has 35 heavy (non-hydrogen) atoms. The van der Waals surface area contributed by atoms with Crippen molar-refractivity contribution in [1.29, 1.82) is 0 Å². The van der Waals surface area contributed by atoms with Gasteiger partial charge in [0.1, 0.15) is 29.3 Å². The monoisotopic (exact) mass is 495 g/mol. The molecule has 0 fully saturated rings. The van der Waals surface area contributed by atoms with Gasteiger partial charge in [0.25, 0.3) is 0 Å². The van der Waals surface area contributed by atoms with Crippen LogP contribution in [0, 0.1) is 5.82 Å². The highest BCUT2D eigenvalue weighted by Gasteiger charge is 2.26. The van der Waals surface area contributed by atoms with Crippen LogP contribution in [0.25, 0.3) is 11.3 Å². The van der Waals surface area contributed by atoms with Crippen LogP contribution >= 0.6 is 11.3 Å². The molecule has 1 amide bonds. The molecular weight excluding hydrogens is 469 g/mol. The largest absolute Gasteiger partial charge is 0.394 e. The number of halogens is 1. The number of anilines is 3. The second kappa shape index (κ2) is 11.1. The first-order valence-electron chi connectivity index (χ1n) is 11.0. The molecule has 0 saturated carbocycles. The predicted octanol–water partition coefficient (Wildman–Crippen LogP) is 3.26. The first-order valence-corrected chi connectivity index (χ1v) is 11.9. The highest BCUT2D eigenvalue weighted by Crippen LogP contribution is 2.25. The van der Waals surface area contributed by atoms with E-state index in [0.717, 1.165) is 11.1 Å². The van der Waals surface area contributed by atoms with Crippen molar-refractivity contribution in [3.8, 4) is 11.3 Å². The van der Waals surface area contributed by atoms with Crippen LogP contribution in [0.15, 0.2) is 59.6 Å². The minimum absolute atomic E-state index is 0.139. The summed E-state index contributed by atoms with van der Waals surface area (Å²) >= 11 is 1.44. The van der Waals surface area contributed by atoms with E-state index in [0.29, 0.717) is 29.6 Å². The Hall–Kier alpha value is -3.83. The van der Waals surface area contributed by atoms with Gasteiger partial charge in [-0.05, 0) is 29.8 Å². The maximum absolute atomic E-state index is 13.5. The molecule has 9 nitrogen and oxygen atoms in total. The number of thiazole rings is 1. The number of aromatic nitrogens is 4. The fraction of sp³-hybridized carbons (Fsp3) is 0.250. The van der Waals surface area contributed by atoms with Crippen LogP contribution < -0.4 is 15.5 Å². The minimum atomic E-state index is -0.625. The van der Waals surface area contributed by atoms with Crippen molar-refractivity contribution in [2.24, 2.45) is 0 Å². The Labute approximate surface area is 206 Å². The number of likely N-dealkylation sites (N-methyl/N-ethyl adjacent to an activating group) is 1. The van der Waals surface area contributed by atoms with Gasteiger partial charge in [-0.1, -0.05) is 12.1 Å². The number of carbonyl (C=O) groups excluding carboxylic acids is 1. The maximum atomic E-state index is 13.5. The van der Waals surface area contributed by atoms with Crippen LogP contribution in [0.3, 0.4) is 0 Å². The number of aliphatic hydroxyl groups excluding tert-OH is 1. The number of nitrogens with zero attached hydrogens (tertiary/aromatic N) is 5. The molecule has 11 heteroatoms. The second-order valence-electron chi connectivity index (χ2n) is 7.83. The fourth-order valence-corrected chi connectivity index (χ4v) is 4.23. The van der Waals surface area contributed by atoms with Crippen molar-refractivity contribution in [1.82, 2.24) is 19.7 Å². The lowest BCUT2D eigenvalue weighted by molar-refractivity contribution is -0.117.